The first kappa shape index (κ1) is 20.7. The molecular weight excluding hydrogens is 402 g/mol. The number of benzene rings is 3. The maximum absolute atomic E-state index is 12.9. The zero-order chi connectivity index (χ0) is 22.0. The van der Waals surface area contributed by atoms with Crippen LogP contribution in [-0.4, -0.2) is 48.3 Å². The highest BCUT2D eigenvalue weighted by molar-refractivity contribution is 5.94. The third-order valence-corrected chi connectivity index (χ3v) is 6.34. The van der Waals surface area contributed by atoms with Crippen molar-refractivity contribution in [1.29, 1.82) is 0 Å². The molecule has 32 heavy (non-hydrogen) atoms. The van der Waals surface area contributed by atoms with Crippen LogP contribution in [0, 0.1) is 0 Å². The number of piperidine rings is 1. The number of likely N-dealkylation sites (tertiary alicyclic amines) is 1. The Labute approximate surface area is 188 Å². The second kappa shape index (κ2) is 8.77. The summed E-state index contributed by atoms with van der Waals surface area (Å²) in [7, 11) is 0. The van der Waals surface area contributed by atoms with Crippen molar-refractivity contribution in [3.05, 3.63) is 90.0 Å². The molecule has 0 atom stereocenters. The normalized spacial score (nSPS) is 18.1. The molecule has 5 nitrogen and oxygen atoms in total. The highest BCUT2D eigenvalue weighted by Gasteiger charge is 2.38. The number of ether oxygens (including phenoxy) is 2. The molecule has 2 aliphatic heterocycles. The predicted octanol–water partition coefficient (Wildman–Crippen LogP) is 4.26. The van der Waals surface area contributed by atoms with Gasteiger partial charge in [-0.2, -0.15) is 0 Å². The summed E-state index contributed by atoms with van der Waals surface area (Å²) in [6.07, 6.45) is 1.72. The lowest BCUT2D eigenvalue weighted by Gasteiger charge is -2.37. The van der Waals surface area contributed by atoms with E-state index < -0.39 is 5.60 Å². The minimum atomic E-state index is -0.906. The van der Waals surface area contributed by atoms with Gasteiger partial charge in [-0.05, 0) is 41.0 Å². The van der Waals surface area contributed by atoms with Crippen LogP contribution in [0.25, 0.3) is 11.1 Å². The van der Waals surface area contributed by atoms with Gasteiger partial charge >= 0.3 is 0 Å². The lowest BCUT2D eigenvalue weighted by molar-refractivity contribution is -0.184. The zero-order valence-electron chi connectivity index (χ0n) is 17.9. The van der Waals surface area contributed by atoms with Crippen LogP contribution >= 0.6 is 0 Å². The van der Waals surface area contributed by atoms with Crippen LogP contribution < -0.4 is 4.74 Å². The fourth-order valence-electron chi connectivity index (χ4n) is 4.29. The monoisotopic (exact) mass is 429 g/mol. The van der Waals surface area contributed by atoms with Gasteiger partial charge < -0.3 is 19.5 Å². The van der Waals surface area contributed by atoms with Crippen molar-refractivity contribution >= 4 is 5.91 Å². The van der Waals surface area contributed by atoms with Crippen molar-refractivity contribution < 1.29 is 19.4 Å². The molecule has 0 unspecified atom stereocenters. The molecule has 0 saturated carbocycles. The Morgan fingerprint density at radius 3 is 2.09 bits per heavy atom. The fourth-order valence-corrected chi connectivity index (χ4v) is 4.29. The second-order valence-corrected chi connectivity index (χ2v) is 8.60. The van der Waals surface area contributed by atoms with Crippen molar-refractivity contribution in [1.82, 2.24) is 4.90 Å². The number of amides is 1. The standard InChI is InChI=1S/C27H27NO4/c29-26(22-6-10-23(11-7-22)27(30)18-31-19-27)28-16-14-25(15-17-28)32-24-12-8-21(9-13-24)20-4-2-1-3-5-20/h1-13,25,30H,14-19H2. The van der Waals surface area contributed by atoms with Gasteiger partial charge in [0.1, 0.15) is 17.5 Å². The van der Waals surface area contributed by atoms with E-state index in [0.717, 1.165) is 24.2 Å². The Morgan fingerprint density at radius 2 is 1.50 bits per heavy atom. The quantitative estimate of drug-likeness (QED) is 0.659. The SMILES string of the molecule is O=C(c1ccc(C2(O)COC2)cc1)N1CCC(Oc2ccc(-c3ccccc3)cc2)CC1. The van der Waals surface area contributed by atoms with Gasteiger partial charge in [0, 0.05) is 31.5 Å². The first-order chi connectivity index (χ1) is 15.6. The average molecular weight is 430 g/mol. The average Bonchev–Trinajstić information content (AvgIpc) is 2.84. The van der Waals surface area contributed by atoms with Gasteiger partial charge in [0.2, 0.25) is 0 Å². The Bertz CT molecular complexity index is 1050. The van der Waals surface area contributed by atoms with E-state index in [2.05, 4.69) is 24.3 Å². The molecule has 1 amide bonds. The zero-order valence-corrected chi connectivity index (χ0v) is 17.9. The van der Waals surface area contributed by atoms with Crippen LogP contribution in [0.5, 0.6) is 5.75 Å². The molecule has 2 saturated heterocycles. The van der Waals surface area contributed by atoms with Crippen molar-refractivity contribution in [2.24, 2.45) is 0 Å². The third-order valence-electron chi connectivity index (χ3n) is 6.34. The lowest BCUT2D eigenvalue weighted by Crippen LogP contribution is -2.46. The molecule has 1 N–H and O–H groups in total. The molecule has 5 rings (SSSR count). The minimum Gasteiger partial charge on any atom is -0.490 e. The molecule has 164 valence electrons. The molecule has 2 fully saturated rings. The number of aliphatic hydroxyl groups is 1. The van der Waals surface area contributed by atoms with Gasteiger partial charge in [-0.1, -0.05) is 54.6 Å². The van der Waals surface area contributed by atoms with Crippen LogP contribution in [0.4, 0.5) is 0 Å². The van der Waals surface area contributed by atoms with E-state index in [1.165, 1.54) is 11.1 Å². The van der Waals surface area contributed by atoms with E-state index in [1.807, 2.05) is 47.4 Å². The summed E-state index contributed by atoms with van der Waals surface area (Å²) in [5, 5.41) is 10.3. The van der Waals surface area contributed by atoms with Gasteiger partial charge in [-0.3, -0.25) is 4.79 Å². The van der Waals surface area contributed by atoms with E-state index in [9.17, 15) is 9.90 Å². The summed E-state index contributed by atoms with van der Waals surface area (Å²) in [4.78, 5) is 14.8. The summed E-state index contributed by atoms with van der Waals surface area (Å²) in [6.45, 7) is 1.96. The summed E-state index contributed by atoms with van der Waals surface area (Å²) in [5.74, 6) is 0.891. The third kappa shape index (κ3) is 4.27. The second-order valence-electron chi connectivity index (χ2n) is 8.60. The van der Waals surface area contributed by atoms with E-state index >= 15 is 0 Å². The molecule has 0 spiro atoms. The molecular formula is C27H27NO4. The van der Waals surface area contributed by atoms with E-state index in [1.54, 1.807) is 12.1 Å². The van der Waals surface area contributed by atoms with Gasteiger partial charge in [-0.25, -0.2) is 0 Å². The van der Waals surface area contributed by atoms with E-state index in [0.29, 0.717) is 31.9 Å². The Hall–Kier alpha value is -3.15. The topological polar surface area (TPSA) is 59.0 Å². The highest BCUT2D eigenvalue weighted by atomic mass is 16.5. The molecule has 0 aliphatic carbocycles. The number of hydrogen-bond acceptors (Lipinski definition) is 4. The lowest BCUT2D eigenvalue weighted by atomic mass is 9.91. The molecule has 3 aromatic rings. The van der Waals surface area contributed by atoms with Crippen molar-refractivity contribution in [3.63, 3.8) is 0 Å². The van der Waals surface area contributed by atoms with Crippen molar-refractivity contribution in [2.45, 2.75) is 24.5 Å². The first-order valence-electron chi connectivity index (χ1n) is 11.1. The van der Waals surface area contributed by atoms with Crippen LogP contribution in [-0.2, 0) is 10.3 Å². The van der Waals surface area contributed by atoms with Crippen LogP contribution in [0.15, 0.2) is 78.9 Å². The number of nitrogens with zero attached hydrogens (tertiary/aromatic N) is 1. The van der Waals surface area contributed by atoms with Crippen LogP contribution in [0.2, 0.25) is 0 Å². The van der Waals surface area contributed by atoms with Gasteiger partial charge in [0.15, 0.2) is 0 Å². The molecule has 0 radical (unpaired) electrons. The van der Waals surface area contributed by atoms with Crippen LogP contribution in [0.3, 0.4) is 0 Å². The van der Waals surface area contributed by atoms with Crippen molar-refractivity contribution in [2.75, 3.05) is 26.3 Å². The number of carbonyl (C=O) groups is 1. The molecule has 2 aliphatic rings. The van der Waals surface area contributed by atoms with Gasteiger partial charge in [0.05, 0.1) is 13.2 Å². The summed E-state index contributed by atoms with van der Waals surface area (Å²) in [6, 6.07) is 25.7. The predicted molar refractivity (Wildman–Crippen MR) is 123 cm³/mol. The Balaban J connectivity index is 1.14. The summed E-state index contributed by atoms with van der Waals surface area (Å²) < 4.78 is 11.3. The fraction of sp³-hybridized carbons (Fsp3) is 0.296. The van der Waals surface area contributed by atoms with Crippen LogP contribution in [0.1, 0.15) is 28.8 Å². The van der Waals surface area contributed by atoms with Gasteiger partial charge in [0.25, 0.3) is 5.91 Å². The van der Waals surface area contributed by atoms with Gasteiger partial charge in [-0.15, -0.1) is 0 Å². The molecule has 2 heterocycles. The largest absolute Gasteiger partial charge is 0.490 e. The first-order valence-corrected chi connectivity index (χ1v) is 11.1. The smallest absolute Gasteiger partial charge is 0.253 e. The Kier molecular flexibility index (Phi) is 5.68. The maximum Gasteiger partial charge on any atom is 0.253 e. The number of carbonyl (C=O) groups excluding carboxylic acids is 1. The van der Waals surface area contributed by atoms with Crippen molar-refractivity contribution in [3.8, 4) is 16.9 Å². The Morgan fingerprint density at radius 1 is 0.875 bits per heavy atom. The maximum atomic E-state index is 12.9. The number of rotatable bonds is 5. The molecule has 3 aromatic carbocycles. The number of hydrogen-bond donors (Lipinski definition) is 1. The van der Waals surface area contributed by atoms with E-state index in [4.69, 9.17) is 9.47 Å². The molecule has 5 heteroatoms. The summed E-state index contributed by atoms with van der Waals surface area (Å²) >= 11 is 0. The minimum absolute atomic E-state index is 0.0269. The van der Waals surface area contributed by atoms with E-state index in [-0.39, 0.29) is 12.0 Å². The molecule has 0 aromatic heterocycles. The highest BCUT2D eigenvalue weighted by Crippen LogP contribution is 2.30. The molecule has 0 bridgehead atoms. The summed E-state index contributed by atoms with van der Waals surface area (Å²) in [5.41, 5.74) is 2.89.